The van der Waals surface area contributed by atoms with E-state index in [2.05, 4.69) is 0 Å². The van der Waals surface area contributed by atoms with Crippen LogP contribution >= 0.6 is 34.8 Å². The van der Waals surface area contributed by atoms with E-state index in [1.165, 1.54) is 0 Å². The standard InChI is InChI=1S/C10H10Cl3N/c1-2-3-9(14)10-7(12)4-6(11)5-8(10)13/h3-5H,2,14H2,1H3. The second-order valence-electron chi connectivity index (χ2n) is 2.81. The number of benzene rings is 1. The van der Waals surface area contributed by atoms with Crippen molar-refractivity contribution in [3.63, 3.8) is 0 Å². The van der Waals surface area contributed by atoms with E-state index < -0.39 is 0 Å². The maximum Gasteiger partial charge on any atom is 0.0528 e. The molecular formula is C10H10Cl3N. The van der Waals surface area contributed by atoms with Gasteiger partial charge in [0.1, 0.15) is 0 Å². The predicted octanol–water partition coefficient (Wildman–Crippen LogP) is 4.36. The Morgan fingerprint density at radius 1 is 1.29 bits per heavy atom. The minimum absolute atomic E-state index is 0.477. The van der Waals surface area contributed by atoms with Crippen LogP contribution in [0.15, 0.2) is 18.2 Å². The van der Waals surface area contributed by atoms with Gasteiger partial charge < -0.3 is 5.73 Å². The fourth-order valence-electron chi connectivity index (χ4n) is 1.14. The number of rotatable bonds is 2. The van der Waals surface area contributed by atoms with E-state index >= 15 is 0 Å². The van der Waals surface area contributed by atoms with Crippen molar-refractivity contribution in [2.45, 2.75) is 13.3 Å². The molecule has 1 rings (SSSR count). The third-order valence-electron chi connectivity index (χ3n) is 1.72. The summed E-state index contributed by atoms with van der Waals surface area (Å²) in [6, 6.07) is 3.25. The van der Waals surface area contributed by atoms with Crippen LogP contribution in [0.25, 0.3) is 5.70 Å². The molecule has 0 aliphatic rings. The first-order chi connectivity index (χ1) is 6.56. The number of nitrogens with two attached hydrogens (primary N) is 1. The quantitative estimate of drug-likeness (QED) is 0.829. The van der Waals surface area contributed by atoms with Crippen molar-refractivity contribution in [2.75, 3.05) is 0 Å². The Morgan fingerprint density at radius 2 is 1.79 bits per heavy atom. The molecule has 14 heavy (non-hydrogen) atoms. The van der Waals surface area contributed by atoms with Gasteiger partial charge in [0.05, 0.1) is 10.0 Å². The van der Waals surface area contributed by atoms with Gasteiger partial charge >= 0.3 is 0 Å². The molecule has 0 heterocycles. The van der Waals surface area contributed by atoms with Gasteiger partial charge in [0.25, 0.3) is 0 Å². The third-order valence-corrected chi connectivity index (χ3v) is 2.53. The van der Waals surface area contributed by atoms with Gasteiger partial charge in [0.2, 0.25) is 0 Å². The van der Waals surface area contributed by atoms with Gasteiger partial charge in [-0.15, -0.1) is 0 Å². The maximum atomic E-state index is 5.98. The molecule has 0 unspecified atom stereocenters. The van der Waals surface area contributed by atoms with Crippen molar-refractivity contribution in [2.24, 2.45) is 5.73 Å². The van der Waals surface area contributed by atoms with Gasteiger partial charge in [-0.3, -0.25) is 0 Å². The van der Waals surface area contributed by atoms with Crippen LogP contribution in [-0.2, 0) is 0 Å². The van der Waals surface area contributed by atoms with Gasteiger partial charge in [-0.05, 0) is 18.6 Å². The summed E-state index contributed by atoms with van der Waals surface area (Å²) in [5.41, 5.74) is 7.04. The van der Waals surface area contributed by atoms with Crippen LogP contribution in [0.3, 0.4) is 0 Å². The Bertz CT molecular complexity index is 349. The zero-order valence-corrected chi connectivity index (χ0v) is 9.92. The van der Waals surface area contributed by atoms with Crippen LogP contribution in [0.2, 0.25) is 15.1 Å². The zero-order chi connectivity index (χ0) is 10.7. The first-order valence-corrected chi connectivity index (χ1v) is 5.30. The van der Waals surface area contributed by atoms with Crippen molar-refractivity contribution in [3.8, 4) is 0 Å². The molecule has 4 heteroatoms. The summed E-state index contributed by atoms with van der Waals surface area (Å²) >= 11 is 17.7. The second kappa shape index (κ2) is 4.92. The summed E-state index contributed by atoms with van der Waals surface area (Å²) in [5.74, 6) is 0. The highest BCUT2D eigenvalue weighted by molar-refractivity contribution is 6.40. The summed E-state index contributed by atoms with van der Waals surface area (Å²) in [4.78, 5) is 0. The van der Waals surface area contributed by atoms with Crippen LogP contribution < -0.4 is 5.73 Å². The average molecular weight is 251 g/mol. The Labute approximate surface area is 98.5 Å². The molecule has 0 aliphatic carbocycles. The molecule has 0 aromatic heterocycles. The molecule has 0 spiro atoms. The first kappa shape index (κ1) is 11.7. The summed E-state index contributed by atoms with van der Waals surface area (Å²) < 4.78 is 0. The van der Waals surface area contributed by atoms with Crippen molar-refractivity contribution < 1.29 is 0 Å². The first-order valence-electron chi connectivity index (χ1n) is 4.16. The lowest BCUT2D eigenvalue weighted by Crippen LogP contribution is -1.98. The van der Waals surface area contributed by atoms with Crippen LogP contribution in [-0.4, -0.2) is 0 Å². The van der Waals surface area contributed by atoms with E-state index in [1.807, 2.05) is 13.0 Å². The lowest BCUT2D eigenvalue weighted by Gasteiger charge is -2.07. The SMILES string of the molecule is CCC=C(N)c1c(Cl)cc(Cl)cc1Cl. The number of hydrogen-bond donors (Lipinski definition) is 1. The number of allylic oxidation sites excluding steroid dienone is 1. The monoisotopic (exact) mass is 249 g/mol. The van der Waals surface area contributed by atoms with Crippen LogP contribution in [0.1, 0.15) is 18.9 Å². The summed E-state index contributed by atoms with van der Waals surface area (Å²) in [6.07, 6.45) is 2.70. The molecule has 1 aromatic carbocycles. The van der Waals surface area contributed by atoms with Crippen LogP contribution in [0.5, 0.6) is 0 Å². The van der Waals surface area contributed by atoms with E-state index in [0.29, 0.717) is 26.3 Å². The fraction of sp³-hybridized carbons (Fsp3) is 0.200. The molecule has 0 saturated carbocycles. The molecule has 0 amide bonds. The Kier molecular flexibility index (Phi) is 4.11. The lowest BCUT2D eigenvalue weighted by molar-refractivity contribution is 1.22. The molecule has 1 aromatic rings. The smallest absolute Gasteiger partial charge is 0.0528 e. The molecule has 0 saturated heterocycles. The van der Waals surface area contributed by atoms with E-state index in [9.17, 15) is 0 Å². The second-order valence-corrected chi connectivity index (χ2v) is 4.06. The normalized spacial score (nSPS) is 11.9. The minimum Gasteiger partial charge on any atom is -0.398 e. The maximum absolute atomic E-state index is 5.98. The van der Waals surface area contributed by atoms with Gasteiger partial charge in [-0.1, -0.05) is 47.8 Å². The zero-order valence-electron chi connectivity index (χ0n) is 7.65. The molecule has 2 N–H and O–H groups in total. The molecule has 0 radical (unpaired) electrons. The molecule has 76 valence electrons. The molecular weight excluding hydrogens is 240 g/mol. The summed E-state index contributed by atoms with van der Waals surface area (Å²) in [6.45, 7) is 1.99. The lowest BCUT2D eigenvalue weighted by atomic mass is 10.1. The number of halogens is 3. The average Bonchev–Trinajstić information content (AvgIpc) is 2.01. The van der Waals surface area contributed by atoms with E-state index in [-0.39, 0.29) is 0 Å². The van der Waals surface area contributed by atoms with Gasteiger partial charge in [0.15, 0.2) is 0 Å². The van der Waals surface area contributed by atoms with Crippen LogP contribution in [0, 0.1) is 0 Å². The van der Waals surface area contributed by atoms with E-state index in [0.717, 1.165) is 6.42 Å². The largest absolute Gasteiger partial charge is 0.398 e. The minimum atomic E-state index is 0.477. The molecule has 0 atom stereocenters. The molecule has 1 nitrogen and oxygen atoms in total. The van der Waals surface area contributed by atoms with Gasteiger partial charge in [0, 0.05) is 16.3 Å². The summed E-state index contributed by atoms with van der Waals surface area (Å²) in [5, 5.41) is 1.46. The third kappa shape index (κ3) is 2.57. The molecule has 0 aliphatic heterocycles. The van der Waals surface area contributed by atoms with Crippen molar-refractivity contribution >= 4 is 40.5 Å². The topological polar surface area (TPSA) is 26.0 Å². The number of hydrogen-bond acceptors (Lipinski definition) is 1. The Balaban J connectivity index is 3.27. The van der Waals surface area contributed by atoms with Crippen LogP contribution in [0.4, 0.5) is 0 Å². The van der Waals surface area contributed by atoms with Crippen molar-refractivity contribution in [3.05, 3.63) is 38.8 Å². The van der Waals surface area contributed by atoms with E-state index in [1.54, 1.807) is 12.1 Å². The highest BCUT2D eigenvalue weighted by atomic mass is 35.5. The molecule has 0 bridgehead atoms. The van der Waals surface area contributed by atoms with Crippen molar-refractivity contribution in [1.29, 1.82) is 0 Å². The summed E-state index contributed by atoms with van der Waals surface area (Å²) in [7, 11) is 0. The van der Waals surface area contributed by atoms with E-state index in [4.69, 9.17) is 40.5 Å². The molecule has 0 fully saturated rings. The fourth-order valence-corrected chi connectivity index (χ4v) is 2.18. The predicted molar refractivity (Wildman–Crippen MR) is 63.9 cm³/mol. The highest BCUT2D eigenvalue weighted by Gasteiger charge is 2.09. The Hall–Kier alpha value is -0.370. The van der Waals surface area contributed by atoms with Gasteiger partial charge in [-0.2, -0.15) is 0 Å². The Morgan fingerprint density at radius 3 is 2.21 bits per heavy atom. The van der Waals surface area contributed by atoms with Crippen molar-refractivity contribution in [1.82, 2.24) is 0 Å². The highest BCUT2D eigenvalue weighted by Crippen LogP contribution is 2.32. The van der Waals surface area contributed by atoms with Gasteiger partial charge in [-0.25, -0.2) is 0 Å².